The van der Waals surface area contributed by atoms with Crippen molar-refractivity contribution in [2.24, 2.45) is 0 Å². The van der Waals surface area contributed by atoms with Crippen LogP contribution >= 0.6 is 0 Å². The van der Waals surface area contributed by atoms with Crippen LogP contribution in [0, 0.1) is 6.92 Å². The summed E-state index contributed by atoms with van der Waals surface area (Å²) in [4.78, 5) is 17.4. The van der Waals surface area contributed by atoms with E-state index in [1.54, 1.807) is 55.7 Å². The van der Waals surface area contributed by atoms with Crippen molar-refractivity contribution in [1.82, 2.24) is 10.1 Å². The summed E-state index contributed by atoms with van der Waals surface area (Å²) in [5.41, 5.74) is 2.35. The normalized spacial score (nSPS) is 10.8. The summed E-state index contributed by atoms with van der Waals surface area (Å²) in [6, 6.07) is 12.3. The molecule has 0 saturated heterocycles. The molecular formula is C21H17N3O4. The predicted molar refractivity (Wildman–Crippen MR) is 104 cm³/mol. The molecule has 1 amide bonds. The molecule has 0 atom stereocenters. The molecule has 0 aliphatic carbocycles. The smallest absolute Gasteiger partial charge is 0.259 e. The molecule has 0 bridgehead atoms. The van der Waals surface area contributed by atoms with Crippen LogP contribution in [0.5, 0.6) is 5.75 Å². The van der Waals surface area contributed by atoms with E-state index >= 15 is 0 Å². The molecule has 0 fully saturated rings. The van der Waals surface area contributed by atoms with E-state index in [0.717, 1.165) is 0 Å². The lowest BCUT2D eigenvalue weighted by Gasteiger charge is -2.09. The zero-order chi connectivity index (χ0) is 19.5. The standard InChI is InChI=1S/C21H17N3O4/c1-3-9-26-15-7-4-6-14(11-15)22-20(25)16-12-17(18-8-5-10-27-18)23-21-19(16)13(2)24-28-21/h3-8,10-12H,1,9H2,2H3,(H,22,25). The van der Waals surface area contributed by atoms with Crippen LogP contribution in [0.25, 0.3) is 22.6 Å². The molecule has 28 heavy (non-hydrogen) atoms. The van der Waals surface area contributed by atoms with Gasteiger partial charge in [-0.1, -0.05) is 23.9 Å². The van der Waals surface area contributed by atoms with Crippen LogP contribution in [-0.2, 0) is 0 Å². The fraction of sp³-hybridized carbons (Fsp3) is 0.0952. The highest BCUT2D eigenvalue weighted by Gasteiger charge is 2.20. The first kappa shape index (κ1) is 17.5. The third-order valence-electron chi connectivity index (χ3n) is 4.10. The molecular weight excluding hydrogens is 358 g/mol. The molecule has 7 nitrogen and oxygen atoms in total. The van der Waals surface area contributed by atoms with Crippen LogP contribution in [0.2, 0.25) is 0 Å². The van der Waals surface area contributed by atoms with Gasteiger partial charge in [-0.05, 0) is 37.3 Å². The molecule has 0 aliphatic rings. The Bertz CT molecular complexity index is 1150. The highest BCUT2D eigenvalue weighted by molar-refractivity contribution is 6.13. The third-order valence-corrected chi connectivity index (χ3v) is 4.10. The quantitative estimate of drug-likeness (QED) is 0.495. The maximum absolute atomic E-state index is 13.0. The van der Waals surface area contributed by atoms with Crippen molar-refractivity contribution in [3.05, 3.63) is 72.6 Å². The lowest BCUT2D eigenvalue weighted by molar-refractivity contribution is 0.102. The lowest BCUT2D eigenvalue weighted by Crippen LogP contribution is -2.13. The van der Waals surface area contributed by atoms with Gasteiger partial charge < -0.3 is 19.0 Å². The third kappa shape index (κ3) is 3.37. The topological polar surface area (TPSA) is 90.4 Å². The number of furan rings is 1. The zero-order valence-electron chi connectivity index (χ0n) is 15.1. The Morgan fingerprint density at radius 2 is 2.18 bits per heavy atom. The summed E-state index contributed by atoms with van der Waals surface area (Å²) in [5, 5.41) is 7.38. The molecule has 1 aromatic carbocycles. The summed E-state index contributed by atoms with van der Waals surface area (Å²) in [5.74, 6) is 0.854. The highest BCUT2D eigenvalue weighted by Crippen LogP contribution is 2.28. The van der Waals surface area contributed by atoms with Crippen molar-refractivity contribution in [2.45, 2.75) is 6.92 Å². The Morgan fingerprint density at radius 3 is 2.96 bits per heavy atom. The largest absolute Gasteiger partial charge is 0.489 e. The first-order chi connectivity index (χ1) is 13.7. The van der Waals surface area contributed by atoms with Gasteiger partial charge in [0.1, 0.15) is 18.1 Å². The van der Waals surface area contributed by atoms with Crippen LogP contribution in [0.15, 0.2) is 70.3 Å². The molecule has 0 spiro atoms. The number of aromatic nitrogens is 2. The number of carbonyl (C=O) groups excluding carboxylic acids is 1. The van der Waals surface area contributed by atoms with Crippen molar-refractivity contribution in [2.75, 3.05) is 11.9 Å². The fourth-order valence-electron chi connectivity index (χ4n) is 2.84. The van der Waals surface area contributed by atoms with E-state index in [-0.39, 0.29) is 11.6 Å². The minimum atomic E-state index is -0.313. The number of aryl methyl sites for hydroxylation is 1. The second kappa shape index (κ2) is 7.40. The van der Waals surface area contributed by atoms with Crippen LogP contribution in [0.1, 0.15) is 16.1 Å². The van der Waals surface area contributed by atoms with E-state index in [4.69, 9.17) is 13.7 Å². The summed E-state index contributed by atoms with van der Waals surface area (Å²) in [6.07, 6.45) is 3.20. The van der Waals surface area contributed by atoms with Gasteiger partial charge in [-0.2, -0.15) is 0 Å². The van der Waals surface area contributed by atoms with E-state index < -0.39 is 0 Å². The molecule has 0 saturated carbocycles. The van der Waals surface area contributed by atoms with Crippen molar-refractivity contribution >= 4 is 22.7 Å². The SMILES string of the molecule is C=CCOc1cccc(NC(=O)c2cc(-c3ccco3)nc3onc(C)c23)c1. The van der Waals surface area contributed by atoms with Gasteiger partial charge in [-0.25, -0.2) is 4.98 Å². The van der Waals surface area contributed by atoms with Crippen LogP contribution < -0.4 is 10.1 Å². The summed E-state index contributed by atoms with van der Waals surface area (Å²) in [7, 11) is 0. The van der Waals surface area contributed by atoms with Gasteiger partial charge in [0.25, 0.3) is 11.6 Å². The number of hydrogen-bond acceptors (Lipinski definition) is 6. The molecule has 1 N–H and O–H groups in total. The van der Waals surface area contributed by atoms with Crippen molar-refractivity contribution in [3.8, 4) is 17.2 Å². The van der Waals surface area contributed by atoms with Crippen LogP contribution in [0.3, 0.4) is 0 Å². The summed E-state index contributed by atoms with van der Waals surface area (Å²) in [6.45, 7) is 5.77. The summed E-state index contributed by atoms with van der Waals surface area (Å²) >= 11 is 0. The Hall–Kier alpha value is -3.87. The number of amides is 1. The van der Waals surface area contributed by atoms with E-state index in [9.17, 15) is 4.79 Å². The van der Waals surface area contributed by atoms with Gasteiger partial charge in [0.05, 0.1) is 22.9 Å². The molecule has 0 radical (unpaired) electrons. The lowest BCUT2D eigenvalue weighted by atomic mass is 10.1. The fourth-order valence-corrected chi connectivity index (χ4v) is 2.84. The Balaban J connectivity index is 1.70. The number of benzene rings is 1. The molecule has 3 aromatic heterocycles. The number of rotatable bonds is 6. The first-order valence-electron chi connectivity index (χ1n) is 8.61. The first-order valence-corrected chi connectivity index (χ1v) is 8.61. The van der Waals surface area contributed by atoms with Gasteiger partial charge in [0.15, 0.2) is 5.76 Å². The molecule has 7 heteroatoms. The number of carbonyl (C=O) groups is 1. The minimum Gasteiger partial charge on any atom is -0.489 e. The van der Waals surface area contributed by atoms with E-state index in [1.807, 2.05) is 6.07 Å². The monoisotopic (exact) mass is 375 g/mol. The predicted octanol–water partition coefficient (Wildman–Crippen LogP) is 4.61. The Kier molecular flexibility index (Phi) is 4.63. The molecule has 3 heterocycles. The van der Waals surface area contributed by atoms with E-state index in [2.05, 4.69) is 22.0 Å². The average molecular weight is 375 g/mol. The van der Waals surface area contributed by atoms with Crippen molar-refractivity contribution in [3.63, 3.8) is 0 Å². The number of pyridine rings is 1. The van der Waals surface area contributed by atoms with Gasteiger partial charge in [-0.15, -0.1) is 0 Å². The second-order valence-electron chi connectivity index (χ2n) is 6.06. The summed E-state index contributed by atoms with van der Waals surface area (Å²) < 4.78 is 16.2. The molecule has 0 unspecified atom stereocenters. The van der Waals surface area contributed by atoms with Gasteiger partial charge >= 0.3 is 0 Å². The van der Waals surface area contributed by atoms with E-state index in [0.29, 0.717) is 46.1 Å². The van der Waals surface area contributed by atoms with E-state index in [1.165, 1.54) is 0 Å². The van der Waals surface area contributed by atoms with Crippen LogP contribution in [-0.4, -0.2) is 22.7 Å². The van der Waals surface area contributed by atoms with Crippen molar-refractivity contribution in [1.29, 1.82) is 0 Å². The number of anilines is 1. The second-order valence-corrected chi connectivity index (χ2v) is 6.06. The Labute approximate surface area is 160 Å². The molecule has 4 rings (SSSR count). The van der Waals surface area contributed by atoms with Gasteiger partial charge in [0.2, 0.25) is 0 Å². The minimum absolute atomic E-state index is 0.277. The number of hydrogen-bond donors (Lipinski definition) is 1. The Morgan fingerprint density at radius 1 is 1.29 bits per heavy atom. The number of nitrogens with zero attached hydrogens (tertiary/aromatic N) is 2. The highest BCUT2D eigenvalue weighted by atomic mass is 16.5. The van der Waals surface area contributed by atoms with Gasteiger partial charge in [-0.3, -0.25) is 4.79 Å². The van der Waals surface area contributed by atoms with Crippen LogP contribution in [0.4, 0.5) is 5.69 Å². The van der Waals surface area contributed by atoms with Gasteiger partial charge in [0, 0.05) is 11.8 Å². The average Bonchev–Trinajstić information content (AvgIpc) is 3.36. The molecule has 0 aliphatic heterocycles. The van der Waals surface area contributed by atoms with Crippen molar-refractivity contribution < 1.29 is 18.5 Å². The number of ether oxygens (including phenoxy) is 1. The zero-order valence-corrected chi connectivity index (χ0v) is 15.1. The number of fused-ring (bicyclic) bond motifs is 1. The number of nitrogens with one attached hydrogen (secondary N) is 1. The maximum atomic E-state index is 13.0. The molecule has 4 aromatic rings. The maximum Gasteiger partial charge on any atom is 0.259 e. The molecule has 140 valence electrons.